The quantitative estimate of drug-likeness (QED) is 0.551. The molecule has 0 aliphatic carbocycles. The van der Waals surface area contributed by atoms with Crippen molar-refractivity contribution in [3.05, 3.63) is 75.8 Å². The second-order valence-electron chi connectivity index (χ2n) is 5.61. The molecule has 0 saturated heterocycles. The molecular formula is C19H13Cl2NOS. The number of carbonyl (C=O) groups excluding carboxylic acids is 1. The maximum Gasteiger partial charge on any atom is 0.173 e. The molecule has 1 N–H and O–H groups in total. The van der Waals surface area contributed by atoms with E-state index in [1.807, 2.05) is 48.5 Å². The molecule has 1 atom stereocenters. The molecule has 120 valence electrons. The van der Waals surface area contributed by atoms with Gasteiger partial charge in [0.2, 0.25) is 0 Å². The predicted octanol–water partition coefficient (Wildman–Crippen LogP) is 6.19. The third-order valence-electron chi connectivity index (χ3n) is 4.14. The Morgan fingerprint density at radius 1 is 1.00 bits per heavy atom. The van der Waals surface area contributed by atoms with Gasteiger partial charge in [0.05, 0.1) is 21.2 Å². The molecule has 0 spiro atoms. The molecule has 1 heterocycles. The van der Waals surface area contributed by atoms with E-state index in [4.69, 9.17) is 23.2 Å². The molecule has 2 nitrogen and oxygen atoms in total. The number of Topliss-reactive ketones (excluding diaryl/α,β-unsaturated/α-hetero) is 1. The average Bonchev–Trinajstić information content (AvgIpc) is 2.59. The Labute approximate surface area is 154 Å². The molecular weight excluding hydrogens is 361 g/mol. The first kappa shape index (κ1) is 15.8. The van der Waals surface area contributed by atoms with Gasteiger partial charge in [-0.05, 0) is 17.5 Å². The summed E-state index contributed by atoms with van der Waals surface area (Å²) < 4.78 is 0. The molecule has 3 aromatic carbocycles. The molecule has 0 radical (unpaired) electrons. The minimum absolute atomic E-state index is 0.128. The minimum atomic E-state index is -0.140. The van der Waals surface area contributed by atoms with E-state index in [0.717, 1.165) is 27.6 Å². The van der Waals surface area contributed by atoms with Crippen molar-refractivity contribution in [2.75, 3.05) is 11.1 Å². The number of carbonyl (C=O) groups is 1. The van der Waals surface area contributed by atoms with Gasteiger partial charge < -0.3 is 5.32 Å². The second kappa shape index (κ2) is 6.32. The van der Waals surface area contributed by atoms with Gasteiger partial charge in [-0.1, -0.05) is 65.7 Å². The first-order valence-corrected chi connectivity index (χ1v) is 9.32. The molecule has 0 fully saturated rings. The van der Waals surface area contributed by atoms with Gasteiger partial charge in [-0.25, -0.2) is 0 Å². The van der Waals surface area contributed by atoms with Gasteiger partial charge in [0.15, 0.2) is 5.78 Å². The Balaban J connectivity index is 1.88. The summed E-state index contributed by atoms with van der Waals surface area (Å²) in [6, 6.07) is 17.4. The lowest BCUT2D eigenvalue weighted by atomic mass is 10.00. The Morgan fingerprint density at radius 3 is 2.58 bits per heavy atom. The Kier molecular flexibility index (Phi) is 4.17. The zero-order valence-corrected chi connectivity index (χ0v) is 14.9. The fourth-order valence-electron chi connectivity index (χ4n) is 3.00. The van der Waals surface area contributed by atoms with Crippen LogP contribution in [0.2, 0.25) is 10.0 Å². The number of ketones is 1. The molecule has 24 heavy (non-hydrogen) atoms. The molecule has 3 aromatic rings. The van der Waals surface area contributed by atoms with Crippen LogP contribution < -0.4 is 5.32 Å². The molecule has 1 aliphatic rings. The summed E-state index contributed by atoms with van der Waals surface area (Å²) in [5.74, 6) is 0.510. The molecule has 0 aromatic heterocycles. The maximum atomic E-state index is 12.7. The van der Waals surface area contributed by atoms with Crippen LogP contribution in [0.3, 0.4) is 0 Å². The number of hydrogen-bond donors (Lipinski definition) is 1. The van der Waals surface area contributed by atoms with Crippen molar-refractivity contribution in [3.8, 4) is 0 Å². The van der Waals surface area contributed by atoms with E-state index in [2.05, 4.69) is 5.32 Å². The van der Waals surface area contributed by atoms with Crippen molar-refractivity contribution in [3.63, 3.8) is 0 Å². The molecule has 1 unspecified atom stereocenters. The fourth-order valence-corrected chi connectivity index (χ4v) is 4.55. The number of rotatable bonds is 1. The normalized spacial score (nSPS) is 17.2. The van der Waals surface area contributed by atoms with Crippen LogP contribution in [0.15, 0.2) is 54.6 Å². The lowest BCUT2D eigenvalue weighted by Crippen LogP contribution is -2.15. The first-order valence-electron chi connectivity index (χ1n) is 7.52. The molecule has 1 aliphatic heterocycles. The highest BCUT2D eigenvalue weighted by atomic mass is 35.5. The van der Waals surface area contributed by atoms with E-state index in [9.17, 15) is 4.79 Å². The number of benzene rings is 3. The zero-order valence-electron chi connectivity index (χ0n) is 12.6. The SMILES string of the molecule is O=C1CSC(c2cccc(Cl)c2Cl)Nc2cccc3cccc1c23. The summed E-state index contributed by atoms with van der Waals surface area (Å²) in [5.41, 5.74) is 2.58. The summed E-state index contributed by atoms with van der Waals surface area (Å²) >= 11 is 14.1. The number of anilines is 1. The number of halogens is 2. The van der Waals surface area contributed by atoms with Crippen LogP contribution in [0, 0.1) is 0 Å². The van der Waals surface area contributed by atoms with Crippen molar-refractivity contribution in [1.29, 1.82) is 0 Å². The van der Waals surface area contributed by atoms with Crippen molar-refractivity contribution in [2.24, 2.45) is 0 Å². The van der Waals surface area contributed by atoms with Gasteiger partial charge in [0.1, 0.15) is 0 Å². The highest BCUT2D eigenvalue weighted by molar-refractivity contribution is 8.00. The van der Waals surface area contributed by atoms with Crippen molar-refractivity contribution < 1.29 is 4.79 Å². The summed E-state index contributed by atoms with van der Waals surface area (Å²) in [7, 11) is 0. The molecule has 4 rings (SSSR count). The van der Waals surface area contributed by atoms with Gasteiger partial charge in [-0.2, -0.15) is 0 Å². The first-order chi connectivity index (χ1) is 11.6. The van der Waals surface area contributed by atoms with Gasteiger partial charge in [0, 0.05) is 22.2 Å². The monoisotopic (exact) mass is 373 g/mol. The second-order valence-corrected chi connectivity index (χ2v) is 7.49. The average molecular weight is 374 g/mol. The third kappa shape index (κ3) is 2.67. The lowest BCUT2D eigenvalue weighted by Gasteiger charge is -2.25. The van der Waals surface area contributed by atoms with Gasteiger partial charge in [-0.3, -0.25) is 4.79 Å². The van der Waals surface area contributed by atoms with Crippen molar-refractivity contribution in [2.45, 2.75) is 5.37 Å². The number of hydrogen-bond acceptors (Lipinski definition) is 3. The van der Waals surface area contributed by atoms with Crippen LogP contribution in [0.5, 0.6) is 0 Å². The van der Waals surface area contributed by atoms with Crippen LogP contribution in [-0.4, -0.2) is 11.5 Å². The number of nitrogens with one attached hydrogen (secondary N) is 1. The van der Waals surface area contributed by atoms with Gasteiger partial charge in [0.25, 0.3) is 0 Å². The largest absolute Gasteiger partial charge is 0.369 e. The van der Waals surface area contributed by atoms with Crippen LogP contribution in [-0.2, 0) is 0 Å². The van der Waals surface area contributed by atoms with Crippen molar-refractivity contribution >= 4 is 57.2 Å². The molecule has 5 heteroatoms. The maximum absolute atomic E-state index is 12.7. The van der Waals surface area contributed by atoms with Gasteiger partial charge >= 0.3 is 0 Å². The van der Waals surface area contributed by atoms with E-state index in [-0.39, 0.29) is 11.2 Å². The van der Waals surface area contributed by atoms with Crippen molar-refractivity contribution in [1.82, 2.24) is 0 Å². The van der Waals surface area contributed by atoms with E-state index in [1.165, 1.54) is 11.8 Å². The highest BCUT2D eigenvalue weighted by Crippen LogP contribution is 2.41. The summed E-state index contributed by atoms with van der Waals surface area (Å²) in [4.78, 5) is 12.7. The lowest BCUT2D eigenvalue weighted by molar-refractivity contribution is 0.102. The minimum Gasteiger partial charge on any atom is -0.369 e. The third-order valence-corrected chi connectivity index (χ3v) is 6.10. The Bertz CT molecular complexity index is 952. The summed E-state index contributed by atoms with van der Waals surface area (Å²) in [5, 5.41) is 6.46. The van der Waals surface area contributed by atoms with Crippen LogP contribution >= 0.6 is 35.0 Å². The smallest absolute Gasteiger partial charge is 0.173 e. The predicted molar refractivity (Wildman–Crippen MR) is 104 cm³/mol. The van der Waals surface area contributed by atoms with E-state index in [0.29, 0.717) is 15.8 Å². The zero-order chi connectivity index (χ0) is 16.7. The van der Waals surface area contributed by atoms with E-state index >= 15 is 0 Å². The Hall–Kier alpha value is -1.68. The standard InChI is InChI=1S/C19H13Cl2NOS/c20-14-8-3-7-13(18(14)21)19-22-15-9-2-5-11-4-1-6-12(17(11)15)16(23)10-24-19/h1-9,19,22H,10H2. The summed E-state index contributed by atoms with van der Waals surface area (Å²) in [6.45, 7) is 0. The Morgan fingerprint density at radius 2 is 1.75 bits per heavy atom. The van der Waals surface area contributed by atoms with Gasteiger partial charge in [-0.15, -0.1) is 11.8 Å². The van der Waals surface area contributed by atoms with E-state index in [1.54, 1.807) is 6.07 Å². The van der Waals surface area contributed by atoms with E-state index < -0.39 is 0 Å². The highest BCUT2D eigenvalue weighted by Gasteiger charge is 2.23. The molecule has 0 amide bonds. The molecule has 0 bridgehead atoms. The topological polar surface area (TPSA) is 29.1 Å². The summed E-state index contributed by atoms with van der Waals surface area (Å²) in [6.07, 6.45) is 0. The fraction of sp³-hybridized carbons (Fsp3) is 0.105. The van der Waals surface area contributed by atoms with Crippen LogP contribution in [0.1, 0.15) is 21.3 Å². The number of thioether (sulfide) groups is 1. The van der Waals surface area contributed by atoms with Crippen LogP contribution in [0.25, 0.3) is 10.8 Å². The molecule has 0 saturated carbocycles. The van der Waals surface area contributed by atoms with Crippen LogP contribution in [0.4, 0.5) is 5.69 Å².